The van der Waals surface area contributed by atoms with E-state index in [4.69, 9.17) is 17.3 Å². The van der Waals surface area contributed by atoms with Gasteiger partial charge in [-0.25, -0.2) is 9.37 Å². The van der Waals surface area contributed by atoms with Crippen molar-refractivity contribution in [3.8, 4) is 0 Å². The third-order valence-electron chi connectivity index (χ3n) is 3.83. The van der Waals surface area contributed by atoms with Gasteiger partial charge in [-0.3, -0.25) is 4.79 Å². The lowest BCUT2D eigenvalue weighted by atomic mass is 10.3. The number of hydrogen-bond acceptors (Lipinski definition) is 3. The number of likely N-dealkylation sites (tertiary alicyclic amines) is 1. The van der Waals surface area contributed by atoms with Crippen molar-refractivity contribution in [3.05, 3.63) is 23.0 Å². The van der Waals surface area contributed by atoms with Crippen LogP contribution in [0.25, 0.3) is 11.0 Å². The van der Waals surface area contributed by atoms with Crippen LogP contribution in [0.1, 0.15) is 19.3 Å². The molecule has 1 aliphatic rings. The number of hydrogen-bond donors (Lipinski definition) is 1. The lowest BCUT2D eigenvalue weighted by Gasteiger charge is -2.15. The van der Waals surface area contributed by atoms with E-state index in [1.807, 2.05) is 4.90 Å². The highest BCUT2D eigenvalue weighted by Gasteiger charge is 2.19. The van der Waals surface area contributed by atoms with Gasteiger partial charge in [-0.2, -0.15) is 0 Å². The normalized spacial score (nSPS) is 15.0. The lowest BCUT2D eigenvalue weighted by Crippen LogP contribution is -2.28. The predicted octanol–water partition coefficient (Wildman–Crippen LogP) is 2.42. The SMILES string of the molecule is Nc1nc2cc(Cl)c(F)cc2n1CCC(=O)N1CCCC1. The van der Waals surface area contributed by atoms with E-state index in [-0.39, 0.29) is 16.9 Å². The molecule has 1 aliphatic heterocycles. The summed E-state index contributed by atoms with van der Waals surface area (Å²) in [5.41, 5.74) is 6.95. The topological polar surface area (TPSA) is 64.1 Å². The maximum Gasteiger partial charge on any atom is 0.224 e. The van der Waals surface area contributed by atoms with E-state index < -0.39 is 5.82 Å². The molecule has 0 bridgehead atoms. The highest BCUT2D eigenvalue weighted by Crippen LogP contribution is 2.25. The molecule has 0 radical (unpaired) electrons. The molecule has 1 saturated heterocycles. The van der Waals surface area contributed by atoms with E-state index in [0.717, 1.165) is 25.9 Å². The van der Waals surface area contributed by atoms with Crippen LogP contribution in [0.3, 0.4) is 0 Å². The first-order valence-electron chi connectivity index (χ1n) is 6.95. The molecular formula is C14H16ClFN4O. The van der Waals surface area contributed by atoms with Crippen molar-refractivity contribution in [2.75, 3.05) is 18.8 Å². The van der Waals surface area contributed by atoms with Crippen LogP contribution in [-0.4, -0.2) is 33.4 Å². The minimum absolute atomic E-state index is 0.0142. The van der Waals surface area contributed by atoms with E-state index in [9.17, 15) is 9.18 Å². The third-order valence-corrected chi connectivity index (χ3v) is 4.12. The fraction of sp³-hybridized carbons (Fsp3) is 0.429. The number of fused-ring (bicyclic) bond motifs is 1. The zero-order valence-electron chi connectivity index (χ0n) is 11.5. The molecule has 3 rings (SSSR count). The van der Waals surface area contributed by atoms with Gasteiger partial charge in [0, 0.05) is 32.1 Å². The minimum Gasteiger partial charge on any atom is -0.369 e. The van der Waals surface area contributed by atoms with Crippen LogP contribution in [-0.2, 0) is 11.3 Å². The van der Waals surface area contributed by atoms with Gasteiger partial charge < -0.3 is 15.2 Å². The van der Waals surface area contributed by atoms with Crippen LogP contribution < -0.4 is 5.73 Å². The lowest BCUT2D eigenvalue weighted by molar-refractivity contribution is -0.130. The Morgan fingerprint density at radius 2 is 2.10 bits per heavy atom. The second kappa shape index (κ2) is 5.52. The predicted molar refractivity (Wildman–Crippen MR) is 79.5 cm³/mol. The number of rotatable bonds is 3. The Morgan fingerprint density at radius 1 is 1.38 bits per heavy atom. The average molecular weight is 311 g/mol. The Hall–Kier alpha value is -1.82. The molecule has 2 N–H and O–H groups in total. The van der Waals surface area contributed by atoms with Crippen LogP contribution in [0, 0.1) is 5.82 Å². The van der Waals surface area contributed by atoms with Crippen LogP contribution in [0.4, 0.5) is 10.3 Å². The molecular weight excluding hydrogens is 295 g/mol. The molecule has 0 unspecified atom stereocenters. The van der Waals surface area contributed by atoms with Crippen molar-refractivity contribution in [2.45, 2.75) is 25.8 Å². The van der Waals surface area contributed by atoms with Crippen molar-refractivity contribution < 1.29 is 9.18 Å². The average Bonchev–Trinajstić information content (AvgIpc) is 3.06. The Balaban J connectivity index is 1.81. The van der Waals surface area contributed by atoms with Crippen molar-refractivity contribution in [1.29, 1.82) is 0 Å². The van der Waals surface area contributed by atoms with Crippen LogP contribution in [0.15, 0.2) is 12.1 Å². The number of benzene rings is 1. The Bertz CT molecular complexity index is 694. The number of carbonyl (C=O) groups excluding carboxylic acids is 1. The summed E-state index contributed by atoms with van der Waals surface area (Å²) in [6.45, 7) is 2.03. The Labute approximate surface area is 126 Å². The molecule has 21 heavy (non-hydrogen) atoms. The number of nitrogens with two attached hydrogens (primary N) is 1. The number of imidazole rings is 1. The molecule has 1 aromatic carbocycles. The number of nitrogen functional groups attached to an aromatic ring is 1. The first-order chi connectivity index (χ1) is 10.1. The zero-order chi connectivity index (χ0) is 15.0. The summed E-state index contributed by atoms with van der Waals surface area (Å²) < 4.78 is 15.2. The molecule has 0 saturated carbocycles. The van der Waals surface area contributed by atoms with Crippen molar-refractivity contribution in [1.82, 2.24) is 14.5 Å². The number of nitrogens with zero attached hydrogens (tertiary/aromatic N) is 3. The molecule has 1 aromatic heterocycles. The minimum atomic E-state index is -0.517. The first kappa shape index (κ1) is 14.1. The maximum atomic E-state index is 13.6. The molecule has 2 heterocycles. The summed E-state index contributed by atoms with van der Waals surface area (Å²) in [7, 11) is 0. The fourth-order valence-electron chi connectivity index (χ4n) is 2.71. The monoisotopic (exact) mass is 310 g/mol. The van der Waals surface area contributed by atoms with Gasteiger partial charge in [-0.05, 0) is 18.9 Å². The molecule has 5 nitrogen and oxygen atoms in total. The number of amides is 1. The van der Waals surface area contributed by atoms with Crippen molar-refractivity contribution in [2.24, 2.45) is 0 Å². The van der Waals surface area contributed by atoms with E-state index in [0.29, 0.717) is 24.0 Å². The summed E-state index contributed by atoms with van der Waals surface area (Å²) in [6, 6.07) is 2.75. The molecule has 112 valence electrons. The quantitative estimate of drug-likeness (QED) is 0.947. The third kappa shape index (κ3) is 2.68. The highest BCUT2D eigenvalue weighted by atomic mass is 35.5. The van der Waals surface area contributed by atoms with Gasteiger partial charge in [0.2, 0.25) is 11.9 Å². The molecule has 2 aromatic rings. The van der Waals surface area contributed by atoms with Gasteiger partial charge in [-0.15, -0.1) is 0 Å². The van der Waals surface area contributed by atoms with E-state index in [1.165, 1.54) is 12.1 Å². The molecule has 7 heteroatoms. The standard InChI is InChI=1S/C14H16ClFN4O/c15-9-7-11-12(8-10(9)16)20(14(17)18-11)6-3-13(21)19-4-1-2-5-19/h7-8H,1-6H2,(H2,17,18). The maximum absolute atomic E-state index is 13.6. The smallest absolute Gasteiger partial charge is 0.224 e. The summed E-state index contributed by atoms with van der Waals surface area (Å²) in [5.74, 6) is -0.153. The first-order valence-corrected chi connectivity index (χ1v) is 7.32. The van der Waals surface area contributed by atoms with Crippen LogP contribution in [0.5, 0.6) is 0 Å². The van der Waals surface area contributed by atoms with E-state index in [2.05, 4.69) is 4.98 Å². The van der Waals surface area contributed by atoms with Gasteiger partial charge in [0.1, 0.15) is 5.82 Å². The Morgan fingerprint density at radius 3 is 2.81 bits per heavy atom. The molecule has 1 fully saturated rings. The molecule has 1 amide bonds. The van der Waals surface area contributed by atoms with Gasteiger partial charge in [-0.1, -0.05) is 11.6 Å². The van der Waals surface area contributed by atoms with Gasteiger partial charge in [0.05, 0.1) is 16.1 Å². The summed E-state index contributed by atoms with van der Waals surface area (Å²) in [6.07, 6.45) is 2.46. The zero-order valence-corrected chi connectivity index (χ0v) is 12.2. The molecule has 0 spiro atoms. The van der Waals surface area contributed by atoms with Gasteiger partial charge >= 0.3 is 0 Å². The fourth-order valence-corrected chi connectivity index (χ4v) is 2.86. The summed E-state index contributed by atoms with van der Waals surface area (Å²) in [4.78, 5) is 18.1. The summed E-state index contributed by atoms with van der Waals surface area (Å²) >= 11 is 5.74. The largest absolute Gasteiger partial charge is 0.369 e. The van der Waals surface area contributed by atoms with Crippen LogP contribution >= 0.6 is 11.6 Å². The molecule has 0 atom stereocenters. The second-order valence-electron chi connectivity index (χ2n) is 5.21. The van der Waals surface area contributed by atoms with Crippen molar-refractivity contribution in [3.63, 3.8) is 0 Å². The summed E-state index contributed by atoms with van der Waals surface area (Å²) in [5, 5.41) is 0.0142. The number of halogens is 2. The number of aryl methyl sites for hydroxylation is 1. The molecule has 0 aliphatic carbocycles. The van der Waals surface area contributed by atoms with Gasteiger partial charge in [0.25, 0.3) is 0 Å². The second-order valence-corrected chi connectivity index (χ2v) is 5.62. The highest BCUT2D eigenvalue weighted by molar-refractivity contribution is 6.31. The number of anilines is 1. The number of aromatic nitrogens is 2. The number of carbonyl (C=O) groups is 1. The van der Waals surface area contributed by atoms with E-state index >= 15 is 0 Å². The van der Waals surface area contributed by atoms with Crippen LogP contribution in [0.2, 0.25) is 5.02 Å². The van der Waals surface area contributed by atoms with E-state index in [1.54, 1.807) is 4.57 Å². The Kier molecular flexibility index (Phi) is 3.71. The van der Waals surface area contributed by atoms with Gasteiger partial charge in [0.15, 0.2) is 0 Å². The van der Waals surface area contributed by atoms with Crippen molar-refractivity contribution >= 4 is 34.5 Å².